The van der Waals surface area contributed by atoms with Crippen molar-refractivity contribution in [1.82, 2.24) is 10.5 Å². The molecule has 29 heavy (non-hydrogen) atoms. The summed E-state index contributed by atoms with van der Waals surface area (Å²) < 4.78 is 10.4. The van der Waals surface area contributed by atoms with Gasteiger partial charge in [0.2, 0.25) is 0 Å². The third-order valence-electron chi connectivity index (χ3n) is 6.11. The van der Waals surface area contributed by atoms with Gasteiger partial charge in [0.15, 0.2) is 5.69 Å². The van der Waals surface area contributed by atoms with Gasteiger partial charge >= 0.3 is 5.97 Å². The molecule has 2 aliphatic rings. The highest BCUT2D eigenvalue weighted by Gasteiger charge is 2.46. The molecule has 1 saturated carbocycles. The van der Waals surface area contributed by atoms with Gasteiger partial charge in [-0.1, -0.05) is 30.1 Å². The molecule has 2 fully saturated rings. The Hall–Kier alpha value is -2.67. The minimum Gasteiger partial charge on any atom is -0.468 e. The first-order valence-electron chi connectivity index (χ1n) is 10.3. The number of amides is 1. The molecular weight excluding hydrogens is 370 g/mol. The second-order valence-corrected chi connectivity index (χ2v) is 7.99. The number of carbonyl (C=O) groups excluding carboxylic acids is 2. The lowest BCUT2D eigenvalue weighted by molar-refractivity contribution is -0.151. The van der Waals surface area contributed by atoms with Crippen molar-refractivity contribution < 1.29 is 18.8 Å². The highest BCUT2D eigenvalue weighted by atomic mass is 16.5. The number of carbonyl (C=O) groups is 2. The summed E-state index contributed by atoms with van der Waals surface area (Å²) >= 11 is 0. The number of ether oxygens (including phenoxy) is 1. The average molecular weight is 397 g/mol. The van der Waals surface area contributed by atoms with Crippen LogP contribution in [0.25, 0.3) is 0 Å². The van der Waals surface area contributed by atoms with Crippen LogP contribution in [0.3, 0.4) is 0 Å². The lowest BCUT2D eigenvalue weighted by atomic mass is 9.64. The monoisotopic (exact) mass is 397 g/mol. The molecule has 4 rings (SSSR count). The molecule has 1 amide bonds. The van der Waals surface area contributed by atoms with Gasteiger partial charge in [-0.2, -0.15) is 0 Å². The zero-order valence-electron chi connectivity index (χ0n) is 16.7. The molecule has 7 nitrogen and oxygen atoms in total. The number of anilines is 1. The van der Waals surface area contributed by atoms with Gasteiger partial charge in [0.1, 0.15) is 5.76 Å². The number of nitrogens with zero attached hydrogens (tertiary/aromatic N) is 1. The number of rotatable bonds is 6. The van der Waals surface area contributed by atoms with Crippen LogP contribution in [-0.2, 0) is 21.4 Å². The number of benzene rings is 1. The summed E-state index contributed by atoms with van der Waals surface area (Å²) in [5.74, 6) is 0.168. The summed E-state index contributed by atoms with van der Waals surface area (Å²) in [7, 11) is 1.42. The molecule has 1 unspecified atom stereocenters. The first-order valence-corrected chi connectivity index (χ1v) is 10.3. The van der Waals surface area contributed by atoms with Crippen molar-refractivity contribution in [3.8, 4) is 0 Å². The number of piperidine rings is 1. The Kier molecular flexibility index (Phi) is 5.67. The maximum Gasteiger partial charge on any atom is 0.316 e. The number of hydrogen-bond acceptors (Lipinski definition) is 6. The highest BCUT2D eigenvalue weighted by molar-refractivity contribution is 6.03. The third kappa shape index (κ3) is 4.05. The fraction of sp³-hybridized carbons (Fsp3) is 0.500. The third-order valence-corrected chi connectivity index (χ3v) is 6.11. The first kappa shape index (κ1) is 19.6. The van der Waals surface area contributed by atoms with Gasteiger partial charge in [-0.3, -0.25) is 9.59 Å². The molecule has 1 aliphatic carbocycles. The Balaban J connectivity index is 1.43. The second-order valence-electron chi connectivity index (χ2n) is 7.99. The Morgan fingerprint density at radius 3 is 2.83 bits per heavy atom. The van der Waals surface area contributed by atoms with Crippen molar-refractivity contribution in [3.05, 3.63) is 47.3 Å². The predicted molar refractivity (Wildman–Crippen MR) is 108 cm³/mol. The number of hydrogen-bond donors (Lipinski definition) is 2. The van der Waals surface area contributed by atoms with E-state index in [0.29, 0.717) is 17.5 Å². The molecular formula is C22H27N3O4. The van der Waals surface area contributed by atoms with E-state index >= 15 is 0 Å². The van der Waals surface area contributed by atoms with E-state index in [-0.39, 0.29) is 17.6 Å². The van der Waals surface area contributed by atoms with Crippen LogP contribution in [-0.4, -0.2) is 36.7 Å². The number of nitrogens with one attached hydrogen (secondary N) is 2. The first-order chi connectivity index (χ1) is 14.1. The molecule has 1 aliphatic heterocycles. The number of methoxy groups -OCH3 is 1. The molecule has 154 valence electrons. The van der Waals surface area contributed by atoms with Crippen molar-refractivity contribution in [2.75, 3.05) is 19.0 Å². The molecule has 1 saturated heterocycles. The fourth-order valence-electron chi connectivity index (χ4n) is 4.28. The van der Waals surface area contributed by atoms with Crippen molar-refractivity contribution in [2.24, 2.45) is 0 Å². The van der Waals surface area contributed by atoms with Crippen LogP contribution >= 0.6 is 0 Å². The Labute approximate surface area is 170 Å². The normalized spacial score (nSPS) is 20.5. The standard InChI is InChI=1S/C22H27N3O4/c1-28-21(27)22(9-5-10-22)15-6-4-8-17(12-15)24-20(26)19-14-18(29-25-19)13-16-7-2-3-11-23-16/h4,6,8,12,14,16,23H,2-3,5,7,9-11,13H2,1H3,(H,24,26). The molecule has 2 heterocycles. The summed E-state index contributed by atoms with van der Waals surface area (Å²) in [6.07, 6.45) is 6.77. The van der Waals surface area contributed by atoms with Crippen molar-refractivity contribution >= 4 is 17.6 Å². The van der Waals surface area contributed by atoms with Crippen molar-refractivity contribution in [3.63, 3.8) is 0 Å². The Bertz CT molecular complexity index is 882. The topological polar surface area (TPSA) is 93.5 Å². The molecule has 0 radical (unpaired) electrons. The van der Waals surface area contributed by atoms with E-state index in [2.05, 4.69) is 15.8 Å². The summed E-state index contributed by atoms with van der Waals surface area (Å²) in [4.78, 5) is 24.9. The van der Waals surface area contributed by atoms with Gasteiger partial charge in [-0.15, -0.1) is 0 Å². The van der Waals surface area contributed by atoms with E-state index in [1.54, 1.807) is 12.1 Å². The lowest BCUT2D eigenvalue weighted by Crippen LogP contribution is -2.43. The van der Waals surface area contributed by atoms with Crippen LogP contribution in [0.1, 0.15) is 60.3 Å². The van der Waals surface area contributed by atoms with Crippen LogP contribution in [0, 0.1) is 0 Å². The minimum absolute atomic E-state index is 0.218. The molecule has 1 atom stereocenters. The SMILES string of the molecule is COC(=O)C1(c2cccc(NC(=O)c3cc(CC4CCCCN4)on3)c2)CCC1. The van der Waals surface area contributed by atoms with Crippen molar-refractivity contribution in [1.29, 1.82) is 0 Å². The van der Waals surface area contributed by atoms with Crippen LogP contribution in [0.4, 0.5) is 5.69 Å². The number of aromatic nitrogens is 1. The van der Waals surface area contributed by atoms with Gasteiger partial charge in [-0.05, 0) is 49.9 Å². The second kappa shape index (κ2) is 8.37. The molecule has 1 aromatic heterocycles. The largest absolute Gasteiger partial charge is 0.468 e. The molecule has 0 bridgehead atoms. The van der Waals surface area contributed by atoms with Crippen molar-refractivity contribution in [2.45, 2.75) is 56.4 Å². The smallest absolute Gasteiger partial charge is 0.316 e. The quantitative estimate of drug-likeness (QED) is 0.727. The zero-order valence-corrected chi connectivity index (χ0v) is 16.7. The molecule has 0 spiro atoms. The summed E-state index contributed by atoms with van der Waals surface area (Å²) in [5, 5.41) is 10.3. The number of esters is 1. The van der Waals surface area contributed by atoms with Gasteiger partial charge in [-0.25, -0.2) is 0 Å². The minimum atomic E-state index is -0.594. The van der Waals surface area contributed by atoms with E-state index in [1.165, 1.54) is 20.0 Å². The van der Waals surface area contributed by atoms with E-state index in [9.17, 15) is 9.59 Å². The van der Waals surface area contributed by atoms with Crippen LogP contribution in [0.15, 0.2) is 34.9 Å². The summed E-state index contributed by atoms with van der Waals surface area (Å²) in [6.45, 7) is 1.02. The fourth-order valence-corrected chi connectivity index (χ4v) is 4.28. The maximum absolute atomic E-state index is 12.6. The van der Waals surface area contributed by atoms with E-state index in [0.717, 1.165) is 44.2 Å². The highest BCUT2D eigenvalue weighted by Crippen LogP contribution is 2.45. The average Bonchev–Trinajstić information content (AvgIpc) is 3.17. The zero-order chi connectivity index (χ0) is 20.3. The Morgan fingerprint density at radius 1 is 1.28 bits per heavy atom. The predicted octanol–water partition coefficient (Wildman–Crippen LogP) is 3.21. The maximum atomic E-state index is 12.6. The molecule has 2 aromatic rings. The summed E-state index contributed by atoms with van der Waals surface area (Å²) in [6, 6.07) is 9.49. The van der Waals surface area contributed by atoms with E-state index < -0.39 is 5.41 Å². The van der Waals surface area contributed by atoms with Gasteiger partial charge in [0.05, 0.1) is 12.5 Å². The van der Waals surface area contributed by atoms with Gasteiger partial charge < -0.3 is 19.9 Å². The molecule has 7 heteroatoms. The van der Waals surface area contributed by atoms with Gasteiger partial charge in [0, 0.05) is 24.2 Å². The summed E-state index contributed by atoms with van der Waals surface area (Å²) in [5.41, 5.74) is 1.16. The molecule has 2 N–H and O–H groups in total. The van der Waals surface area contributed by atoms with E-state index in [1.807, 2.05) is 18.2 Å². The van der Waals surface area contributed by atoms with Crippen LogP contribution < -0.4 is 10.6 Å². The molecule has 1 aromatic carbocycles. The van der Waals surface area contributed by atoms with Gasteiger partial charge in [0.25, 0.3) is 5.91 Å². The van der Waals surface area contributed by atoms with Crippen LogP contribution in [0.2, 0.25) is 0 Å². The van der Waals surface area contributed by atoms with E-state index in [4.69, 9.17) is 9.26 Å². The Morgan fingerprint density at radius 2 is 2.14 bits per heavy atom. The lowest BCUT2D eigenvalue weighted by Gasteiger charge is -2.39. The van der Waals surface area contributed by atoms with Crippen LogP contribution in [0.5, 0.6) is 0 Å².